The number of rotatable bonds is 2. The van der Waals surface area contributed by atoms with Crippen molar-refractivity contribution in [2.45, 2.75) is 6.42 Å². The van der Waals surface area contributed by atoms with Crippen LogP contribution in [0.4, 0.5) is 5.82 Å². The Morgan fingerprint density at radius 3 is 3.12 bits per heavy atom. The summed E-state index contributed by atoms with van der Waals surface area (Å²) in [5.41, 5.74) is 0.514. The first-order chi connectivity index (χ1) is 7.74. The zero-order valence-corrected chi connectivity index (χ0v) is 8.76. The third-order valence-electron chi connectivity index (χ3n) is 2.64. The predicted molar refractivity (Wildman–Crippen MR) is 59.6 cm³/mol. The molecule has 0 saturated carbocycles. The third kappa shape index (κ3) is 1.80. The van der Waals surface area contributed by atoms with Crippen molar-refractivity contribution in [2.24, 2.45) is 5.92 Å². The first kappa shape index (κ1) is 10.4. The van der Waals surface area contributed by atoms with Crippen LogP contribution in [0.1, 0.15) is 12.0 Å². The Balaban J connectivity index is 2.28. The highest BCUT2D eigenvalue weighted by atomic mass is 16.2. The number of pyridine rings is 1. The number of nitriles is 1. The molecule has 2 rings (SSSR count). The van der Waals surface area contributed by atoms with Crippen LogP contribution in [0.2, 0.25) is 0 Å². The average Bonchev–Trinajstić information content (AvgIpc) is 2.71. The normalized spacial score (nSPS) is 19.6. The first-order valence-electron chi connectivity index (χ1n) is 5.03. The van der Waals surface area contributed by atoms with Crippen molar-refractivity contribution in [1.29, 1.82) is 5.26 Å². The lowest BCUT2D eigenvalue weighted by molar-refractivity contribution is -0.117. The molecule has 80 valence electrons. The summed E-state index contributed by atoms with van der Waals surface area (Å²) in [6.07, 6.45) is 3.80. The quantitative estimate of drug-likeness (QED) is 0.699. The fourth-order valence-electron chi connectivity index (χ4n) is 1.75. The second-order valence-corrected chi connectivity index (χ2v) is 3.72. The lowest BCUT2D eigenvalue weighted by Gasteiger charge is -2.14. The van der Waals surface area contributed by atoms with Crippen molar-refractivity contribution in [3.63, 3.8) is 0 Å². The SMILES string of the molecule is C=CC1CC(=O)N(c2cc(C#N)ccn2)C1. The molecule has 0 spiro atoms. The maximum absolute atomic E-state index is 11.7. The van der Waals surface area contributed by atoms with Gasteiger partial charge in [-0.05, 0) is 12.1 Å². The van der Waals surface area contributed by atoms with Crippen LogP contribution in [0.25, 0.3) is 0 Å². The number of hydrogen-bond acceptors (Lipinski definition) is 3. The van der Waals surface area contributed by atoms with Crippen LogP contribution < -0.4 is 4.90 Å². The zero-order valence-electron chi connectivity index (χ0n) is 8.76. The van der Waals surface area contributed by atoms with E-state index in [4.69, 9.17) is 5.26 Å². The summed E-state index contributed by atoms with van der Waals surface area (Å²) in [6, 6.07) is 5.28. The zero-order chi connectivity index (χ0) is 11.5. The lowest BCUT2D eigenvalue weighted by atomic mass is 10.1. The van der Waals surface area contributed by atoms with Gasteiger partial charge in [-0.2, -0.15) is 5.26 Å². The maximum atomic E-state index is 11.7. The minimum Gasteiger partial charge on any atom is -0.296 e. The van der Waals surface area contributed by atoms with Crippen LogP contribution in [-0.4, -0.2) is 17.4 Å². The van der Waals surface area contributed by atoms with Gasteiger partial charge in [0.05, 0.1) is 11.6 Å². The molecule has 16 heavy (non-hydrogen) atoms. The fraction of sp³-hybridized carbons (Fsp3) is 0.250. The second-order valence-electron chi connectivity index (χ2n) is 3.72. The molecule has 1 fully saturated rings. The van der Waals surface area contributed by atoms with E-state index in [1.165, 1.54) is 0 Å². The molecule has 0 radical (unpaired) electrons. The highest BCUT2D eigenvalue weighted by Crippen LogP contribution is 2.24. The van der Waals surface area contributed by atoms with Gasteiger partial charge in [-0.3, -0.25) is 9.69 Å². The lowest BCUT2D eigenvalue weighted by Crippen LogP contribution is -2.25. The standard InChI is InChI=1S/C12H11N3O/c1-2-9-6-12(16)15(8-9)11-5-10(7-13)3-4-14-11/h2-5,9H,1,6,8H2. The van der Waals surface area contributed by atoms with Crippen LogP contribution in [0, 0.1) is 17.2 Å². The molecule has 0 aromatic carbocycles. The van der Waals surface area contributed by atoms with Gasteiger partial charge in [-0.25, -0.2) is 4.98 Å². The minimum absolute atomic E-state index is 0.0347. The molecule has 1 aliphatic heterocycles. The van der Waals surface area contributed by atoms with E-state index in [0.717, 1.165) is 0 Å². The molecule has 1 aliphatic rings. The van der Waals surface area contributed by atoms with Gasteiger partial charge in [0.1, 0.15) is 5.82 Å². The van der Waals surface area contributed by atoms with E-state index in [2.05, 4.69) is 11.6 Å². The minimum atomic E-state index is 0.0347. The van der Waals surface area contributed by atoms with Crippen LogP contribution in [0.3, 0.4) is 0 Å². The molecule has 0 bridgehead atoms. The van der Waals surface area contributed by atoms with Crippen molar-refractivity contribution in [1.82, 2.24) is 4.98 Å². The summed E-state index contributed by atoms with van der Waals surface area (Å²) < 4.78 is 0. The van der Waals surface area contributed by atoms with E-state index >= 15 is 0 Å². The van der Waals surface area contributed by atoms with Gasteiger partial charge in [-0.15, -0.1) is 6.58 Å². The largest absolute Gasteiger partial charge is 0.296 e. The summed E-state index contributed by atoms with van der Waals surface area (Å²) in [5, 5.41) is 8.77. The Morgan fingerprint density at radius 2 is 2.50 bits per heavy atom. The first-order valence-corrected chi connectivity index (χ1v) is 5.03. The van der Waals surface area contributed by atoms with Crippen molar-refractivity contribution < 1.29 is 4.79 Å². The van der Waals surface area contributed by atoms with Crippen molar-refractivity contribution in [3.05, 3.63) is 36.5 Å². The van der Waals surface area contributed by atoms with Crippen LogP contribution in [-0.2, 0) is 4.79 Å². The molecule has 1 aromatic rings. The van der Waals surface area contributed by atoms with Crippen molar-refractivity contribution >= 4 is 11.7 Å². The number of aromatic nitrogens is 1. The Kier molecular flexibility index (Phi) is 2.69. The highest BCUT2D eigenvalue weighted by molar-refractivity contribution is 5.95. The molecular formula is C12H11N3O. The molecule has 1 unspecified atom stereocenters. The molecule has 4 heteroatoms. The number of amides is 1. The maximum Gasteiger partial charge on any atom is 0.228 e. The van der Waals surface area contributed by atoms with Crippen molar-refractivity contribution in [3.8, 4) is 6.07 Å². The van der Waals surface area contributed by atoms with Gasteiger partial charge in [0.15, 0.2) is 0 Å². The van der Waals surface area contributed by atoms with E-state index < -0.39 is 0 Å². The monoisotopic (exact) mass is 213 g/mol. The van der Waals surface area contributed by atoms with Gasteiger partial charge in [0, 0.05) is 25.1 Å². The van der Waals surface area contributed by atoms with Crippen LogP contribution >= 0.6 is 0 Å². The van der Waals surface area contributed by atoms with E-state index in [1.54, 1.807) is 29.3 Å². The molecular weight excluding hydrogens is 202 g/mol. The van der Waals surface area contributed by atoms with E-state index in [0.29, 0.717) is 24.3 Å². The molecule has 1 saturated heterocycles. The summed E-state index contributed by atoms with van der Waals surface area (Å²) in [7, 11) is 0. The molecule has 1 amide bonds. The Labute approximate surface area is 93.8 Å². The van der Waals surface area contributed by atoms with Crippen molar-refractivity contribution in [2.75, 3.05) is 11.4 Å². The number of carbonyl (C=O) groups is 1. The van der Waals surface area contributed by atoms with Gasteiger partial charge >= 0.3 is 0 Å². The smallest absolute Gasteiger partial charge is 0.228 e. The second kappa shape index (κ2) is 4.15. The Bertz CT molecular complexity index is 475. The summed E-state index contributed by atoms with van der Waals surface area (Å²) in [5.74, 6) is 0.765. The van der Waals surface area contributed by atoms with E-state index in [1.807, 2.05) is 6.07 Å². The van der Waals surface area contributed by atoms with Gasteiger partial charge in [-0.1, -0.05) is 6.08 Å². The summed E-state index contributed by atoms with van der Waals surface area (Å²) in [6.45, 7) is 4.29. The molecule has 0 N–H and O–H groups in total. The fourth-order valence-corrected chi connectivity index (χ4v) is 1.75. The topological polar surface area (TPSA) is 57.0 Å². The van der Waals surface area contributed by atoms with Gasteiger partial charge in [0.2, 0.25) is 5.91 Å². The highest BCUT2D eigenvalue weighted by Gasteiger charge is 2.29. The Hall–Kier alpha value is -2.15. The molecule has 0 aliphatic carbocycles. The Morgan fingerprint density at radius 1 is 1.69 bits per heavy atom. The number of nitrogens with zero attached hydrogens (tertiary/aromatic N) is 3. The van der Waals surface area contributed by atoms with E-state index in [-0.39, 0.29) is 11.8 Å². The molecule has 1 atom stereocenters. The van der Waals surface area contributed by atoms with Gasteiger partial charge in [0.25, 0.3) is 0 Å². The van der Waals surface area contributed by atoms with Crippen LogP contribution in [0.15, 0.2) is 31.0 Å². The van der Waals surface area contributed by atoms with E-state index in [9.17, 15) is 4.79 Å². The third-order valence-corrected chi connectivity index (χ3v) is 2.64. The number of hydrogen-bond donors (Lipinski definition) is 0. The van der Waals surface area contributed by atoms with Crippen LogP contribution in [0.5, 0.6) is 0 Å². The number of anilines is 1. The molecule has 1 aromatic heterocycles. The number of carbonyl (C=O) groups excluding carboxylic acids is 1. The molecule has 2 heterocycles. The summed E-state index contributed by atoms with van der Waals surface area (Å²) >= 11 is 0. The average molecular weight is 213 g/mol. The molecule has 4 nitrogen and oxygen atoms in total. The summed E-state index contributed by atoms with van der Waals surface area (Å²) in [4.78, 5) is 17.4. The van der Waals surface area contributed by atoms with Gasteiger partial charge < -0.3 is 0 Å². The predicted octanol–water partition coefficient (Wildman–Crippen LogP) is 1.49.